The number of anilines is 1. The van der Waals surface area contributed by atoms with E-state index < -0.39 is 0 Å². The molecule has 2 N–H and O–H groups in total. The lowest BCUT2D eigenvalue weighted by Gasteiger charge is -2.49. The fourth-order valence-corrected chi connectivity index (χ4v) is 6.63. The van der Waals surface area contributed by atoms with Crippen molar-refractivity contribution in [1.29, 1.82) is 0 Å². The molecule has 3 fully saturated rings. The van der Waals surface area contributed by atoms with E-state index in [-0.39, 0.29) is 11.9 Å². The van der Waals surface area contributed by atoms with E-state index in [9.17, 15) is 9.18 Å². The van der Waals surface area contributed by atoms with Crippen molar-refractivity contribution in [3.63, 3.8) is 0 Å². The van der Waals surface area contributed by atoms with Gasteiger partial charge in [0.25, 0.3) is 0 Å². The normalized spacial score (nSPS) is 19.8. The van der Waals surface area contributed by atoms with Gasteiger partial charge in [-0.05, 0) is 73.1 Å². The van der Waals surface area contributed by atoms with Crippen molar-refractivity contribution in [2.75, 3.05) is 44.7 Å². The second-order valence-electron chi connectivity index (χ2n) is 11.8. The van der Waals surface area contributed by atoms with E-state index in [1.165, 1.54) is 49.3 Å². The Labute approximate surface area is 232 Å². The number of carbonyl (C=O) groups excluding carboxylic acids is 1. The highest BCUT2D eigenvalue weighted by molar-refractivity contribution is 5.52. The minimum Gasteiger partial charge on any atom is -0.496 e. The maximum atomic E-state index is 14.7. The van der Waals surface area contributed by atoms with Crippen LogP contribution in [0.25, 0.3) is 0 Å². The highest BCUT2D eigenvalue weighted by Gasteiger charge is 2.39. The van der Waals surface area contributed by atoms with E-state index in [1.807, 2.05) is 6.07 Å². The van der Waals surface area contributed by atoms with Crippen LogP contribution >= 0.6 is 0 Å². The Morgan fingerprint density at radius 3 is 2.59 bits per heavy atom. The van der Waals surface area contributed by atoms with Gasteiger partial charge < -0.3 is 25.0 Å². The van der Waals surface area contributed by atoms with Gasteiger partial charge in [0.2, 0.25) is 6.41 Å². The molecule has 3 aliphatic rings. The molecule has 1 atom stereocenters. The van der Waals surface area contributed by atoms with Crippen LogP contribution in [0.3, 0.4) is 0 Å². The highest BCUT2D eigenvalue weighted by atomic mass is 19.1. The zero-order valence-electron chi connectivity index (χ0n) is 23.4. The summed E-state index contributed by atoms with van der Waals surface area (Å²) < 4.78 is 26.8. The van der Waals surface area contributed by atoms with E-state index in [0.717, 1.165) is 69.7 Å². The van der Waals surface area contributed by atoms with Gasteiger partial charge >= 0.3 is 0 Å². The van der Waals surface area contributed by atoms with Crippen LogP contribution in [0.15, 0.2) is 36.4 Å². The van der Waals surface area contributed by atoms with Crippen molar-refractivity contribution in [3.05, 3.63) is 53.3 Å². The van der Waals surface area contributed by atoms with Gasteiger partial charge in [-0.15, -0.1) is 0 Å². The van der Waals surface area contributed by atoms with Crippen molar-refractivity contribution in [2.45, 2.75) is 76.2 Å². The highest BCUT2D eigenvalue weighted by Crippen LogP contribution is 2.39. The molecule has 1 amide bonds. The average molecular weight is 538 g/mol. The number of benzene rings is 2. The summed E-state index contributed by atoms with van der Waals surface area (Å²) in [6.45, 7) is 4.61. The lowest BCUT2D eigenvalue weighted by molar-refractivity contribution is -0.109. The first-order valence-corrected chi connectivity index (χ1v) is 14.8. The maximum absolute atomic E-state index is 14.7. The predicted octanol–water partition coefficient (Wildman–Crippen LogP) is 5.59. The molecular weight excluding hydrogens is 493 g/mol. The van der Waals surface area contributed by atoms with E-state index in [0.29, 0.717) is 30.0 Å². The van der Waals surface area contributed by atoms with Gasteiger partial charge in [-0.2, -0.15) is 0 Å². The van der Waals surface area contributed by atoms with E-state index in [2.05, 4.69) is 33.7 Å². The Morgan fingerprint density at radius 2 is 1.90 bits per heavy atom. The number of hydrogen-bond donors (Lipinski definition) is 2. The lowest BCUT2D eigenvalue weighted by atomic mass is 9.73. The monoisotopic (exact) mass is 537 g/mol. The number of nitrogens with one attached hydrogen (secondary N) is 2. The van der Waals surface area contributed by atoms with Crippen molar-refractivity contribution < 1.29 is 18.7 Å². The molecule has 0 radical (unpaired) electrons. The largest absolute Gasteiger partial charge is 0.496 e. The minimum absolute atomic E-state index is 0.141. The zero-order valence-corrected chi connectivity index (χ0v) is 23.4. The summed E-state index contributed by atoms with van der Waals surface area (Å²) in [6.07, 6.45) is 11.5. The zero-order chi connectivity index (χ0) is 27.1. The van der Waals surface area contributed by atoms with Crippen LogP contribution in [0.2, 0.25) is 0 Å². The number of carbonyl (C=O) groups is 1. The third-order valence-corrected chi connectivity index (χ3v) is 9.14. The maximum Gasteiger partial charge on any atom is 0.207 e. The Morgan fingerprint density at radius 1 is 1.10 bits per heavy atom. The molecule has 2 aromatic carbocycles. The quantitative estimate of drug-likeness (QED) is 0.273. The Hall–Kier alpha value is -2.80. The fourth-order valence-electron chi connectivity index (χ4n) is 6.63. The van der Waals surface area contributed by atoms with E-state index >= 15 is 0 Å². The second kappa shape index (κ2) is 13.0. The number of hydrogen-bond acceptors (Lipinski definition) is 5. The van der Waals surface area contributed by atoms with Gasteiger partial charge in [0.05, 0.1) is 7.11 Å². The molecule has 6 nitrogen and oxygen atoms in total. The van der Waals surface area contributed by atoms with Gasteiger partial charge in [0.15, 0.2) is 0 Å². The van der Waals surface area contributed by atoms with Gasteiger partial charge in [0, 0.05) is 57.0 Å². The second-order valence-corrected chi connectivity index (χ2v) is 11.8. The first-order chi connectivity index (χ1) is 19.1. The number of halogens is 1. The molecule has 7 heteroatoms. The topological polar surface area (TPSA) is 62.8 Å². The minimum atomic E-state index is -0.273. The molecular formula is C32H44FN3O3. The number of methoxy groups -OCH3 is 1. The first-order valence-electron chi connectivity index (χ1n) is 14.8. The van der Waals surface area contributed by atoms with Crippen LogP contribution in [0.5, 0.6) is 11.5 Å². The molecule has 0 aromatic heterocycles. The number of amides is 1. The lowest BCUT2D eigenvalue weighted by Crippen LogP contribution is -2.58. The predicted molar refractivity (Wildman–Crippen MR) is 153 cm³/mol. The van der Waals surface area contributed by atoms with Crippen LogP contribution in [-0.2, 0) is 11.2 Å². The summed E-state index contributed by atoms with van der Waals surface area (Å²) in [7, 11) is 1.75. The summed E-state index contributed by atoms with van der Waals surface area (Å²) >= 11 is 0. The van der Waals surface area contributed by atoms with Crippen LogP contribution in [0.4, 0.5) is 10.1 Å². The van der Waals surface area contributed by atoms with Crippen LogP contribution < -0.4 is 25.0 Å². The third-order valence-electron chi connectivity index (χ3n) is 9.14. The first kappa shape index (κ1) is 27.8. The van der Waals surface area contributed by atoms with Crippen LogP contribution in [0, 0.1) is 11.2 Å². The molecule has 1 unspecified atom stereocenters. The van der Waals surface area contributed by atoms with Crippen LogP contribution in [0.1, 0.15) is 74.8 Å². The van der Waals surface area contributed by atoms with E-state index in [1.54, 1.807) is 13.2 Å². The molecule has 1 saturated carbocycles. The summed E-state index contributed by atoms with van der Waals surface area (Å²) in [5.74, 6) is 1.83. The van der Waals surface area contributed by atoms with Gasteiger partial charge in [-0.1, -0.05) is 31.4 Å². The van der Waals surface area contributed by atoms with E-state index in [4.69, 9.17) is 9.47 Å². The van der Waals surface area contributed by atoms with Crippen molar-refractivity contribution >= 4 is 12.1 Å². The number of rotatable bonds is 12. The molecule has 5 rings (SSSR count). The smallest absolute Gasteiger partial charge is 0.207 e. The summed E-state index contributed by atoms with van der Waals surface area (Å²) in [5.41, 5.74) is 3.92. The Bertz CT molecular complexity index is 1090. The molecule has 212 valence electrons. The SMILES string of the molecule is COc1ccc(CCC(CCNC=O)Oc2cc(F)cc(N3CCC4(CC3)CNC4)c2)cc1C1CCCCC1. The van der Waals surface area contributed by atoms with Gasteiger partial charge in [-0.3, -0.25) is 4.79 Å². The molecule has 1 aliphatic carbocycles. The van der Waals surface area contributed by atoms with Gasteiger partial charge in [0.1, 0.15) is 23.4 Å². The number of nitrogens with zero attached hydrogens (tertiary/aromatic N) is 1. The van der Waals surface area contributed by atoms with Crippen LogP contribution in [-0.4, -0.2) is 52.3 Å². The molecule has 2 aliphatic heterocycles. The Kier molecular flexibility index (Phi) is 9.28. The van der Waals surface area contributed by atoms with Crippen molar-refractivity contribution in [1.82, 2.24) is 10.6 Å². The van der Waals surface area contributed by atoms with Crippen molar-refractivity contribution in [2.24, 2.45) is 5.41 Å². The summed E-state index contributed by atoms with van der Waals surface area (Å²) in [4.78, 5) is 13.2. The molecule has 2 saturated heterocycles. The molecule has 2 heterocycles. The Balaban J connectivity index is 1.25. The molecule has 39 heavy (non-hydrogen) atoms. The number of ether oxygens (including phenoxy) is 2. The molecule has 2 aromatic rings. The fraction of sp³-hybridized carbons (Fsp3) is 0.594. The average Bonchev–Trinajstić information content (AvgIpc) is 2.95. The third kappa shape index (κ3) is 7.05. The number of aryl methyl sites for hydroxylation is 1. The number of piperidine rings is 1. The molecule has 1 spiro atoms. The van der Waals surface area contributed by atoms with Gasteiger partial charge in [-0.25, -0.2) is 4.39 Å². The standard InChI is InChI=1S/C32H44FN3O3/c1-38-31-10-8-24(17-30(31)25-5-3-2-4-6-25)7-9-28(11-14-34-23-37)39-29-19-26(33)18-27(20-29)36-15-12-32(13-16-36)21-35-22-32/h8,10,17-20,23,25,28,35H,2-7,9,11-16,21-22H2,1H3,(H,34,37). The molecule has 0 bridgehead atoms. The summed E-state index contributed by atoms with van der Waals surface area (Å²) in [5, 5.41) is 6.16. The summed E-state index contributed by atoms with van der Waals surface area (Å²) in [6, 6.07) is 11.7. The van der Waals surface area contributed by atoms with Crippen molar-refractivity contribution in [3.8, 4) is 11.5 Å².